The highest BCUT2D eigenvalue weighted by Gasteiger charge is 2.27. The summed E-state index contributed by atoms with van der Waals surface area (Å²) in [5, 5.41) is 8.91. The first-order valence-corrected chi connectivity index (χ1v) is 25.1. The fraction of sp³-hybridized carbons (Fsp3) is 0.680. The Labute approximate surface area is 371 Å². The molecule has 3 unspecified atom stereocenters. The molecule has 0 amide bonds. The number of carboxylic acids is 1. The lowest BCUT2D eigenvalue weighted by Crippen LogP contribution is -2.34. The molecule has 0 saturated carbocycles. The van der Waals surface area contributed by atoms with Crippen LogP contribution in [0.25, 0.3) is 0 Å². The van der Waals surface area contributed by atoms with Crippen LogP contribution in [0.15, 0.2) is 85.1 Å². The number of unbranched alkanes of at least 4 members (excludes halogenated alkanes) is 16. The van der Waals surface area contributed by atoms with E-state index in [2.05, 4.69) is 98.9 Å². The van der Waals surface area contributed by atoms with E-state index in [1.807, 2.05) is 0 Å². The van der Waals surface area contributed by atoms with Crippen molar-refractivity contribution in [2.75, 3.05) is 26.4 Å². The summed E-state index contributed by atoms with van der Waals surface area (Å²) in [6.45, 7) is 3.62. The largest absolute Gasteiger partial charge is 0.480 e. The molecule has 0 aliphatic carbocycles. The highest BCUT2D eigenvalue weighted by atomic mass is 31.2. The van der Waals surface area contributed by atoms with Crippen LogP contribution in [0.2, 0.25) is 0 Å². The van der Waals surface area contributed by atoms with Gasteiger partial charge in [-0.15, -0.1) is 0 Å². The Morgan fingerprint density at radius 3 is 1.34 bits per heavy atom. The Balaban J connectivity index is 4.18. The molecule has 0 fully saturated rings. The standard InChI is InChI=1S/C50H86NO9P/c1-3-5-7-9-11-13-15-17-19-20-21-22-23-24-25-26-27-29-31-33-35-37-39-41-43-57-44-47(45-58-61(55,56)59-46-48(51)50(53)54)60-49(52)42-40-38-36-34-32-30-28-18-16-14-12-10-8-6-4-2/h5-8,11-14,17-19,21-22,28,47-48H,3-4,9-10,15-16,20,23-27,29-46,51H2,1-2H3,(H,53,54)(H,55,56)/b7-5-,8-6-,13-11-,14-12-,19-17-,22-21-,28-18-. The van der Waals surface area contributed by atoms with Gasteiger partial charge in [0, 0.05) is 13.0 Å². The van der Waals surface area contributed by atoms with Crippen molar-refractivity contribution in [3.8, 4) is 0 Å². The third kappa shape index (κ3) is 45.0. The molecule has 10 nitrogen and oxygen atoms in total. The topological polar surface area (TPSA) is 155 Å². The molecule has 0 aliphatic heterocycles. The summed E-state index contributed by atoms with van der Waals surface area (Å²) in [5.41, 5.74) is 5.36. The van der Waals surface area contributed by atoms with Crippen LogP contribution in [-0.4, -0.2) is 60.5 Å². The predicted molar refractivity (Wildman–Crippen MR) is 253 cm³/mol. The lowest BCUT2D eigenvalue weighted by atomic mass is 10.1. The summed E-state index contributed by atoms with van der Waals surface area (Å²) >= 11 is 0. The zero-order valence-corrected chi connectivity index (χ0v) is 39.1. The molecule has 350 valence electrons. The average Bonchev–Trinajstić information content (AvgIpc) is 3.24. The second-order valence-corrected chi connectivity index (χ2v) is 16.9. The van der Waals surface area contributed by atoms with E-state index in [0.717, 1.165) is 96.3 Å². The van der Waals surface area contributed by atoms with Gasteiger partial charge in [0.05, 0.1) is 19.8 Å². The second-order valence-electron chi connectivity index (χ2n) is 15.5. The summed E-state index contributed by atoms with van der Waals surface area (Å²) in [4.78, 5) is 33.6. The van der Waals surface area contributed by atoms with Crippen LogP contribution in [0.5, 0.6) is 0 Å². The predicted octanol–water partition coefficient (Wildman–Crippen LogP) is 13.5. The highest BCUT2D eigenvalue weighted by molar-refractivity contribution is 7.47. The van der Waals surface area contributed by atoms with Gasteiger partial charge in [-0.2, -0.15) is 0 Å². The maximum absolute atomic E-state index is 12.6. The van der Waals surface area contributed by atoms with Gasteiger partial charge in [-0.05, 0) is 83.5 Å². The summed E-state index contributed by atoms with van der Waals surface area (Å²) in [5.74, 6) is -1.80. The molecular weight excluding hydrogens is 790 g/mol. The van der Waals surface area contributed by atoms with Crippen LogP contribution in [0.3, 0.4) is 0 Å². The first-order chi connectivity index (χ1) is 29.7. The number of phosphoric acid groups is 1. The summed E-state index contributed by atoms with van der Waals surface area (Å²) < 4.78 is 33.4. The zero-order valence-electron chi connectivity index (χ0n) is 38.2. The number of carboxylic acid groups (broad SMARTS) is 1. The SMILES string of the molecule is CC/C=C\C/C=C\C/C=C\C/C=C\CCCCCCCCCCCCCOCC(COP(=O)(O)OCC(N)C(=O)O)OC(=O)CCCCCCC/C=C\C/C=C\C/C=C\CC. The molecule has 0 aromatic carbocycles. The van der Waals surface area contributed by atoms with Gasteiger partial charge in [-0.25, -0.2) is 4.57 Å². The van der Waals surface area contributed by atoms with E-state index in [0.29, 0.717) is 13.0 Å². The number of phosphoric ester groups is 1. The number of aliphatic carboxylic acids is 1. The molecule has 0 rings (SSSR count). The lowest BCUT2D eigenvalue weighted by Gasteiger charge is -2.20. The molecule has 0 bridgehead atoms. The fourth-order valence-electron chi connectivity index (χ4n) is 6.08. The zero-order chi connectivity index (χ0) is 44.8. The van der Waals surface area contributed by atoms with Crippen LogP contribution < -0.4 is 5.73 Å². The second kappa shape index (κ2) is 45.2. The molecule has 0 radical (unpaired) electrons. The molecule has 11 heteroatoms. The maximum Gasteiger partial charge on any atom is 0.472 e. The molecule has 0 aromatic heterocycles. The number of ether oxygens (including phenoxy) is 2. The van der Waals surface area contributed by atoms with E-state index in [9.17, 15) is 19.0 Å². The Bertz CT molecular complexity index is 1290. The Morgan fingerprint density at radius 1 is 0.525 bits per heavy atom. The molecular formula is C50H86NO9P. The van der Waals surface area contributed by atoms with Crippen LogP contribution in [0.1, 0.15) is 181 Å². The number of rotatable bonds is 44. The first kappa shape index (κ1) is 58.1. The molecule has 61 heavy (non-hydrogen) atoms. The van der Waals surface area contributed by atoms with Gasteiger partial charge in [0.15, 0.2) is 0 Å². The van der Waals surface area contributed by atoms with Crippen molar-refractivity contribution in [3.05, 3.63) is 85.1 Å². The van der Waals surface area contributed by atoms with Gasteiger partial charge in [0.25, 0.3) is 0 Å². The van der Waals surface area contributed by atoms with E-state index >= 15 is 0 Å². The molecule has 0 aromatic rings. The number of hydrogen-bond donors (Lipinski definition) is 3. The number of allylic oxidation sites excluding steroid dienone is 14. The van der Waals surface area contributed by atoms with Crippen molar-refractivity contribution in [2.24, 2.45) is 5.73 Å². The normalized spacial score (nSPS) is 14.6. The quantitative estimate of drug-likeness (QED) is 0.0233. The molecule has 4 N–H and O–H groups in total. The van der Waals surface area contributed by atoms with E-state index in [1.54, 1.807) is 0 Å². The van der Waals surface area contributed by atoms with Crippen molar-refractivity contribution in [3.63, 3.8) is 0 Å². The van der Waals surface area contributed by atoms with E-state index in [4.69, 9.17) is 29.4 Å². The van der Waals surface area contributed by atoms with Gasteiger partial charge in [0.2, 0.25) is 0 Å². The van der Waals surface area contributed by atoms with Crippen LogP contribution in [0, 0.1) is 0 Å². The van der Waals surface area contributed by atoms with E-state index in [1.165, 1.54) is 57.8 Å². The van der Waals surface area contributed by atoms with E-state index in [-0.39, 0.29) is 13.0 Å². The number of carbonyl (C=O) groups is 2. The first-order valence-electron chi connectivity index (χ1n) is 23.6. The van der Waals surface area contributed by atoms with E-state index < -0.39 is 45.1 Å². The van der Waals surface area contributed by atoms with Gasteiger partial charge in [0.1, 0.15) is 12.1 Å². The van der Waals surface area contributed by atoms with Crippen molar-refractivity contribution in [2.45, 2.75) is 193 Å². The Morgan fingerprint density at radius 2 is 0.902 bits per heavy atom. The minimum absolute atomic E-state index is 0.00301. The van der Waals surface area contributed by atoms with Crippen molar-refractivity contribution < 1.29 is 42.7 Å². The number of esters is 1. The van der Waals surface area contributed by atoms with Crippen LogP contribution >= 0.6 is 7.82 Å². The van der Waals surface area contributed by atoms with Gasteiger partial charge in [-0.1, -0.05) is 176 Å². The lowest BCUT2D eigenvalue weighted by molar-refractivity contribution is -0.154. The molecule has 0 spiro atoms. The molecule has 3 atom stereocenters. The van der Waals surface area contributed by atoms with Crippen LogP contribution in [-0.2, 0) is 32.7 Å². The minimum atomic E-state index is -4.63. The minimum Gasteiger partial charge on any atom is -0.480 e. The third-order valence-electron chi connectivity index (χ3n) is 9.67. The Hall–Kier alpha value is -2.85. The van der Waals surface area contributed by atoms with Gasteiger partial charge in [-0.3, -0.25) is 18.6 Å². The summed E-state index contributed by atoms with van der Waals surface area (Å²) in [6, 6.07) is -1.48. The summed E-state index contributed by atoms with van der Waals surface area (Å²) in [6.07, 6.45) is 57.8. The maximum atomic E-state index is 12.6. The fourth-order valence-corrected chi connectivity index (χ4v) is 6.86. The van der Waals surface area contributed by atoms with Crippen LogP contribution in [0.4, 0.5) is 0 Å². The number of nitrogens with two attached hydrogens (primary N) is 1. The average molecular weight is 876 g/mol. The third-order valence-corrected chi connectivity index (χ3v) is 10.6. The van der Waals surface area contributed by atoms with Crippen molar-refractivity contribution in [1.29, 1.82) is 0 Å². The van der Waals surface area contributed by atoms with Gasteiger partial charge < -0.3 is 25.2 Å². The summed E-state index contributed by atoms with van der Waals surface area (Å²) in [7, 11) is -4.63. The van der Waals surface area contributed by atoms with Crippen molar-refractivity contribution in [1.82, 2.24) is 0 Å². The number of carbonyl (C=O) groups excluding carboxylic acids is 1. The molecule has 0 aliphatic rings. The smallest absolute Gasteiger partial charge is 0.472 e. The number of hydrogen-bond acceptors (Lipinski definition) is 8. The van der Waals surface area contributed by atoms with Crippen molar-refractivity contribution >= 4 is 19.8 Å². The highest BCUT2D eigenvalue weighted by Crippen LogP contribution is 2.43. The Kier molecular flexibility index (Phi) is 43.1. The molecule has 0 saturated heterocycles. The molecule has 0 heterocycles. The monoisotopic (exact) mass is 876 g/mol. The van der Waals surface area contributed by atoms with Gasteiger partial charge >= 0.3 is 19.8 Å².